The van der Waals surface area contributed by atoms with Crippen molar-refractivity contribution in [3.63, 3.8) is 0 Å². The molecule has 2 rings (SSSR count). The van der Waals surface area contributed by atoms with Gasteiger partial charge in [0, 0.05) is 7.11 Å². The Balaban J connectivity index is 2.00. The second-order valence-electron chi connectivity index (χ2n) is 4.27. The summed E-state index contributed by atoms with van der Waals surface area (Å²) < 4.78 is 11.5. The lowest BCUT2D eigenvalue weighted by Gasteiger charge is -2.12. The van der Waals surface area contributed by atoms with Crippen molar-refractivity contribution in [1.29, 1.82) is 0 Å². The molecule has 0 aliphatic heterocycles. The van der Waals surface area contributed by atoms with Crippen molar-refractivity contribution in [3.8, 4) is 5.75 Å². The van der Waals surface area contributed by atoms with Crippen LogP contribution in [0, 0.1) is 5.92 Å². The Labute approximate surface area is 115 Å². The first-order chi connectivity index (χ1) is 8.22. The smallest absolute Gasteiger partial charge is 0.133 e. The summed E-state index contributed by atoms with van der Waals surface area (Å²) in [4.78, 5) is 0. The van der Waals surface area contributed by atoms with Gasteiger partial charge < -0.3 is 9.47 Å². The first kappa shape index (κ1) is 13.2. The maximum Gasteiger partial charge on any atom is 0.133 e. The molecule has 1 aromatic rings. The van der Waals surface area contributed by atoms with E-state index in [9.17, 15) is 0 Å². The Morgan fingerprint density at radius 1 is 1.41 bits per heavy atom. The minimum absolute atomic E-state index is 0.138. The van der Waals surface area contributed by atoms with Gasteiger partial charge in [-0.05, 0) is 52.4 Å². The van der Waals surface area contributed by atoms with Gasteiger partial charge in [0.1, 0.15) is 12.4 Å². The fourth-order valence-corrected chi connectivity index (χ4v) is 2.60. The van der Waals surface area contributed by atoms with Crippen LogP contribution < -0.4 is 4.74 Å². The van der Waals surface area contributed by atoms with Crippen LogP contribution in [0.5, 0.6) is 5.75 Å². The van der Waals surface area contributed by atoms with Gasteiger partial charge in [-0.2, -0.15) is 0 Å². The summed E-state index contributed by atoms with van der Waals surface area (Å²) in [7, 11) is 1.66. The van der Waals surface area contributed by atoms with E-state index in [0.29, 0.717) is 19.1 Å². The van der Waals surface area contributed by atoms with Gasteiger partial charge in [-0.1, -0.05) is 6.07 Å². The number of hydrogen-bond acceptors (Lipinski definition) is 2. The monoisotopic (exact) mass is 318 g/mol. The van der Waals surface area contributed by atoms with Crippen LogP contribution in [0.3, 0.4) is 0 Å². The highest BCUT2D eigenvalue weighted by Gasteiger charge is 2.30. The predicted octanol–water partition coefficient (Wildman–Crippen LogP) is 4.16. The molecule has 0 radical (unpaired) electrons. The Kier molecular flexibility index (Phi) is 4.71. The third kappa shape index (κ3) is 3.60. The van der Waals surface area contributed by atoms with Gasteiger partial charge in [0.05, 0.1) is 16.5 Å². The maximum absolute atomic E-state index is 6.37. The van der Waals surface area contributed by atoms with Crippen molar-refractivity contribution in [2.75, 3.05) is 20.3 Å². The minimum atomic E-state index is 0.138. The number of benzene rings is 1. The van der Waals surface area contributed by atoms with Gasteiger partial charge in [0.15, 0.2) is 0 Å². The first-order valence-corrected chi connectivity index (χ1v) is 7.00. The molecule has 0 heterocycles. The van der Waals surface area contributed by atoms with E-state index in [0.717, 1.165) is 10.2 Å². The average Bonchev–Trinajstić information content (AvgIpc) is 3.14. The van der Waals surface area contributed by atoms with Gasteiger partial charge in [-0.15, -0.1) is 11.6 Å². The molecule has 1 aliphatic carbocycles. The van der Waals surface area contributed by atoms with Gasteiger partial charge >= 0.3 is 0 Å². The van der Waals surface area contributed by atoms with Crippen LogP contribution in [0.25, 0.3) is 0 Å². The summed E-state index contributed by atoms with van der Waals surface area (Å²) in [5.74, 6) is 1.49. The normalized spacial score (nSPS) is 16.9. The van der Waals surface area contributed by atoms with E-state index in [4.69, 9.17) is 21.1 Å². The molecule has 1 atom stereocenters. The summed E-state index contributed by atoms with van der Waals surface area (Å²) in [6.07, 6.45) is 2.50. The number of alkyl halides is 1. The van der Waals surface area contributed by atoms with Gasteiger partial charge in [-0.3, -0.25) is 0 Å². The van der Waals surface area contributed by atoms with Crippen molar-refractivity contribution >= 4 is 27.5 Å². The first-order valence-electron chi connectivity index (χ1n) is 5.77. The molecule has 0 aromatic heterocycles. The van der Waals surface area contributed by atoms with Crippen molar-refractivity contribution in [3.05, 3.63) is 28.2 Å². The van der Waals surface area contributed by atoms with Crippen LogP contribution in [0.4, 0.5) is 0 Å². The van der Waals surface area contributed by atoms with Crippen molar-refractivity contribution in [2.24, 2.45) is 5.92 Å². The molecular weight excluding hydrogens is 303 g/mol. The molecule has 1 aromatic carbocycles. The van der Waals surface area contributed by atoms with Crippen LogP contribution in [-0.2, 0) is 4.74 Å². The molecule has 0 N–H and O–H groups in total. The third-order valence-corrected chi connectivity index (χ3v) is 4.08. The third-order valence-electron chi connectivity index (χ3n) is 2.86. The Hall–Kier alpha value is -0.250. The lowest BCUT2D eigenvalue weighted by Crippen LogP contribution is -2.05. The standard InChI is InChI=1S/C13H16BrClO2/c1-16-6-7-17-12-5-4-10(8-11(12)14)13(15)9-2-3-9/h4-5,8-9,13H,2-3,6-7H2,1H3. The molecule has 0 amide bonds. The summed E-state index contributed by atoms with van der Waals surface area (Å²) in [6, 6.07) is 6.06. The molecule has 0 spiro atoms. The zero-order valence-electron chi connectivity index (χ0n) is 9.79. The van der Waals surface area contributed by atoms with E-state index in [2.05, 4.69) is 22.0 Å². The Morgan fingerprint density at radius 3 is 2.76 bits per heavy atom. The summed E-state index contributed by atoms with van der Waals surface area (Å²) in [5, 5.41) is 0.138. The molecule has 1 saturated carbocycles. The molecule has 0 bridgehead atoms. The number of hydrogen-bond donors (Lipinski definition) is 0. The molecule has 17 heavy (non-hydrogen) atoms. The van der Waals surface area contributed by atoms with Gasteiger partial charge in [0.2, 0.25) is 0 Å². The summed E-state index contributed by atoms with van der Waals surface area (Å²) in [6.45, 7) is 1.15. The molecule has 0 saturated heterocycles. The summed E-state index contributed by atoms with van der Waals surface area (Å²) >= 11 is 9.89. The van der Waals surface area contributed by atoms with Crippen molar-refractivity contribution < 1.29 is 9.47 Å². The van der Waals surface area contributed by atoms with E-state index >= 15 is 0 Å². The Morgan fingerprint density at radius 2 is 2.18 bits per heavy atom. The Bertz CT molecular complexity index is 380. The predicted molar refractivity (Wildman–Crippen MR) is 72.8 cm³/mol. The highest BCUT2D eigenvalue weighted by molar-refractivity contribution is 9.10. The second-order valence-corrected chi connectivity index (χ2v) is 5.59. The van der Waals surface area contributed by atoms with E-state index in [1.54, 1.807) is 7.11 Å². The van der Waals surface area contributed by atoms with Gasteiger partial charge in [0.25, 0.3) is 0 Å². The van der Waals surface area contributed by atoms with E-state index in [-0.39, 0.29) is 5.38 Å². The maximum atomic E-state index is 6.37. The fraction of sp³-hybridized carbons (Fsp3) is 0.538. The lowest BCUT2D eigenvalue weighted by molar-refractivity contribution is 0.146. The van der Waals surface area contributed by atoms with Crippen LogP contribution in [0.2, 0.25) is 0 Å². The zero-order valence-corrected chi connectivity index (χ0v) is 12.1. The molecule has 1 aliphatic rings. The van der Waals surface area contributed by atoms with Crippen LogP contribution in [-0.4, -0.2) is 20.3 Å². The van der Waals surface area contributed by atoms with E-state index in [1.807, 2.05) is 12.1 Å². The van der Waals surface area contributed by atoms with E-state index < -0.39 is 0 Å². The van der Waals surface area contributed by atoms with Crippen molar-refractivity contribution in [2.45, 2.75) is 18.2 Å². The number of rotatable bonds is 6. The highest BCUT2D eigenvalue weighted by atomic mass is 79.9. The van der Waals surface area contributed by atoms with E-state index in [1.165, 1.54) is 18.4 Å². The molecule has 94 valence electrons. The van der Waals surface area contributed by atoms with Crippen LogP contribution >= 0.6 is 27.5 Å². The fourth-order valence-electron chi connectivity index (χ4n) is 1.70. The molecule has 4 heteroatoms. The molecular formula is C13H16BrClO2. The lowest BCUT2D eigenvalue weighted by atomic mass is 10.1. The van der Waals surface area contributed by atoms with Gasteiger partial charge in [-0.25, -0.2) is 0 Å². The van der Waals surface area contributed by atoms with Crippen LogP contribution in [0.15, 0.2) is 22.7 Å². The largest absolute Gasteiger partial charge is 0.490 e. The highest BCUT2D eigenvalue weighted by Crippen LogP contribution is 2.46. The molecule has 2 nitrogen and oxygen atoms in total. The molecule has 1 unspecified atom stereocenters. The quantitative estimate of drug-likeness (QED) is 0.579. The minimum Gasteiger partial charge on any atom is -0.490 e. The topological polar surface area (TPSA) is 18.5 Å². The van der Waals surface area contributed by atoms with Crippen LogP contribution in [0.1, 0.15) is 23.8 Å². The number of methoxy groups -OCH3 is 1. The average molecular weight is 320 g/mol. The molecule has 1 fully saturated rings. The van der Waals surface area contributed by atoms with Crippen molar-refractivity contribution in [1.82, 2.24) is 0 Å². The number of ether oxygens (including phenoxy) is 2. The SMILES string of the molecule is COCCOc1ccc(C(Cl)C2CC2)cc1Br. The summed E-state index contributed by atoms with van der Waals surface area (Å²) in [5.41, 5.74) is 1.17. The second kappa shape index (κ2) is 6.07. The number of halogens is 2. The zero-order chi connectivity index (χ0) is 12.3.